The van der Waals surface area contributed by atoms with Crippen molar-refractivity contribution in [3.05, 3.63) is 24.4 Å². The van der Waals surface area contributed by atoms with Gasteiger partial charge in [-0.1, -0.05) is 0 Å². The summed E-state index contributed by atoms with van der Waals surface area (Å²) in [5, 5.41) is 0. The summed E-state index contributed by atoms with van der Waals surface area (Å²) in [4.78, 5) is 16.8. The molecule has 0 spiro atoms. The van der Waals surface area contributed by atoms with Gasteiger partial charge in [-0.2, -0.15) is 0 Å². The first kappa shape index (κ1) is 7.85. The molecule has 0 aromatic heterocycles. The summed E-state index contributed by atoms with van der Waals surface area (Å²) in [5.74, 6) is -0.383. The number of fused-ring (bicyclic) bond motifs is 1. The third kappa shape index (κ3) is 1.18. The maximum Gasteiger partial charge on any atom is 0.351 e. The highest BCUT2D eigenvalue weighted by molar-refractivity contribution is 5.88. The number of hydrogen-bond donors (Lipinski definition) is 0. The van der Waals surface area contributed by atoms with Crippen LogP contribution in [0.3, 0.4) is 0 Å². The molecule has 2 rings (SSSR count). The molecule has 0 fully saturated rings. The van der Waals surface area contributed by atoms with Gasteiger partial charge in [-0.05, 0) is 0 Å². The molecule has 2 aliphatic rings. The van der Waals surface area contributed by atoms with Gasteiger partial charge < -0.3 is 14.4 Å². The van der Waals surface area contributed by atoms with Crippen LogP contribution >= 0.6 is 0 Å². The molecule has 5 nitrogen and oxygen atoms in total. The molecule has 0 aliphatic carbocycles. The fourth-order valence-corrected chi connectivity index (χ4v) is 1.18. The summed E-state index contributed by atoms with van der Waals surface area (Å²) >= 11 is 0. The molecule has 13 heavy (non-hydrogen) atoms. The van der Waals surface area contributed by atoms with E-state index in [1.165, 1.54) is 19.6 Å². The quantitative estimate of drug-likeness (QED) is 0.541. The van der Waals surface area contributed by atoms with Crippen LogP contribution in [0.2, 0.25) is 0 Å². The van der Waals surface area contributed by atoms with Crippen LogP contribution in [0.4, 0.5) is 0 Å². The van der Waals surface area contributed by atoms with Gasteiger partial charge in [-0.25, -0.2) is 4.79 Å². The zero-order chi connectivity index (χ0) is 9.26. The molecular weight excluding hydrogens is 172 g/mol. The zero-order valence-corrected chi connectivity index (χ0v) is 7.01. The van der Waals surface area contributed by atoms with Crippen molar-refractivity contribution in [3.8, 4) is 0 Å². The van der Waals surface area contributed by atoms with Gasteiger partial charge in [-0.3, -0.25) is 4.99 Å². The number of hydrogen-bond acceptors (Lipinski definition) is 5. The monoisotopic (exact) mass is 180 g/mol. The van der Waals surface area contributed by atoms with E-state index >= 15 is 0 Å². The van der Waals surface area contributed by atoms with Crippen molar-refractivity contribution in [2.45, 2.75) is 6.17 Å². The Morgan fingerprint density at radius 2 is 2.62 bits per heavy atom. The molecule has 0 amide bonds. The number of rotatable bonds is 1. The van der Waals surface area contributed by atoms with E-state index in [2.05, 4.69) is 9.73 Å². The van der Waals surface area contributed by atoms with Crippen LogP contribution in [-0.2, 0) is 14.3 Å². The first-order chi connectivity index (χ1) is 6.33. The number of carbonyl (C=O) groups is 1. The predicted molar refractivity (Wildman–Crippen MR) is 44.4 cm³/mol. The Morgan fingerprint density at radius 1 is 1.77 bits per heavy atom. The van der Waals surface area contributed by atoms with Gasteiger partial charge in [0.05, 0.1) is 19.0 Å². The normalized spacial score (nSPS) is 23.6. The van der Waals surface area contributed by atoms with Crippen LogP contribution in [-0.4, -0.2) is 30.4 Å². The number of ether oxygens (including phenoxy) is 2. The van der Waals surface area contributed by atoms with Crippen molar-refractivity contribution < 1.29 is 14.3 Å². The van der Waals surface area contributed by atoms with Crippen molar-refractivity contribution in [1.29, 1.82) is 0 Å². The van der Waals surface area contributed by atoms with E-state index in [4.69, 9.17) is 4.74 Å². The molecule has 0 radical (unpaired) electrons. The van der Waals surface area contributed by atoms with Crippen molar-refractivity contribution in [2.24, 2.45) is 4.99 Å². The molecule has 0 saturated heterocycles. The van der Waals surface area contributed by atoms with Crippen LogP contribution in [0.25, 0.3) is 0 Å². The van der Waals surface area contributed by atoms with Gasteiger partial charge in [0.1, 0.15) is 12.5 Å². The molecule has 1 unspecified atom stereocenters. The summed E-state index contributed by atoms with van der Waals surface area (Å²) in [6.45, 7) is 0. The topological polar surface area (TPSA) is 51.1 Å². The highest BCUT2D eigenvalue weighted by Crippen LogP contribution is 2.20. The van der Waals surface area contributed by atoms with Crippen LogP contribution in [0, 0.1) is 0 Å². The van der Waals surface area contributed by atoms with Gasteiger partial charge in [0.15, 0.2) is 0 Å². The van der Waals surface area contributed by atoms with Gasteiger partial charge in [0.25, 0.3) is 0 Å². The summed E-state index contributed by atoms with van der Waals surface area (Å²) in [6, 6.07) is 0. The van der Waals surface area contributed by atoms with Crippen molar-refractivity contribution in [1.82, 2.24) is 4.90 Å². The highest BCUT2D eigenvalue weighted by atomic mass is 16.5. The average molecular weight is 180 g/mol. The molecule has 1 atom stereocenters. The minimum atomic E-state index is -0.601. The van der Waals surface area contributed by atoms with Crippen molar-refractivity contribution in [3.63, 3.8) is 0 Å². The van der Waals surface area contributed by atoms with E-state index < -0.39 is 6.17 Å². The van der Waals surface area contributed by atoms with E-state index in [0.717, 1.165) is 5.70 Å². The van der Waals surface area contributed by atoms with Crippen LogP contribution in [0.15, 0.2) is 29.4 Å². The molecular formula is C8H8N2O3. The van der Waals surface area contributed by atoms with Crippen LogP contribution in [0.5, 0.6) is 0 Å². The lowest BCUT2D eigenvalue weighted by Gasteiger charge is -2.21. The van der Waals surface area contributed by atoms with Crippen LogP contribution < -0.4 is 0 Å². The maximum absolute atomic E-state index is 11.2. The Morgan fingerprint density at radius 3 is 3.38 bits per heavy atom. The second kappa shape index (κ2) is 2.93. The molecule has 0 aromatic carbocycles. The summed E-state index contributed by atoms with van der Waals surface area (Å²) < 4.78 is 9.50. The zero-order valence-electron chi connectivity index (χ0n) is 7.01. The smallest absolute Gasteiger partial charge is 0.351 e. The van der Waals surface area contributed by atoms with E-state index in [0.29, 0.717) is 0 Å². The van der Waals surface area contributed by atoms with Gasteiger partial charge in [0.2, 0.25) is 6.17 Å². The second-order valence-electron chi connectivity index (χ2n) is 2.55. The summed E-state index contributed by atoms with van der Waals surface area (Å²) in [5.41, 5.74) is 0.748. The predicted octanol–water partition coefficient (Wildman–Crippen LogP) is 0.215. The van der Waals surface area contributed by atoms with E-state index in [9.17, 15) is 4.79 Å². The lowest BCUT2D eigenvalue weighted by Crippen LogP contribution is -2.33. The average Bonchev–Trinajstić information content (AvgIpc) is 2.60. The van der Waals surface area contributed by atoms with Crippen molar-refractivity contribution in [2.75, 3.05) is 7.11 Å². The number of carbonyl (C=O) groups excluding carboxylic acids is 1. The fraction of sp³-hybridized carbons (Fsp3) is 0.250. The second-order valence-corrected chi connectivity index (χ2v) is 2.55. The Bertz CT molecular complexity index is 319. The Kier molecular flexibility index (Phi) is 1.77. The minimum absolute atomic E-state index is 0.383. The van der Waals surface area contributed by atoms with E-state index in [1.807, 2.05) is 0 Å². The number of methoxy groups -OCH3 is 1. The van der Waals surface area contributed by atoms with E-state index in [-0.39, 0.29) is 5.97 Å². The Labute approximate surface area is 74.9 Å². The Hall–Kier alpha value is -1.78. The first-order valence-corrected chi connectivity index (χ1v) is 3.74. The highest BCUT2D eigenvalue weighted by Gasteiger charge is 2.31. The largest absolute Gasteiger partial charge is 0.469 e. The molecule has 2 aliphatic heterocycles. The fourth-order valence-electron chi connectivity index (χ4n) is 1.18. The molecule has 2 heterocycles. The van der Waals surface area contributed by atoms with Crippen LogP contribution in [0.1, 0.15) is 0 Å². The number of aliphatic imine (C=N–C) groups is 1. The van der Waals surface area contributed by atoms with Crippen molar-refractivity contribution >= 4 is 12.2 Å². The minimum Gasteiger partial charge on any atom is -0.469 e. The summed E-state index contributed by atoms with van der Waals surface area (Å²) in [7, 11) is 1.34. The number of nitrogens with zero attached hydrogens (tertiary/aromatic N) is 2. The molecule has 0 bridgehead atoms. The molecule has 0 aromatic rings. The third-order valence-corrected chi connectivity index (χ3v) is 1.81. The SMILES string of the molecule is COC(=O)C1N=CC2=COC=CN21. The lowest BCUT2D eigenvalue weighted by molar-refractivity contribution is -0.144. The molecule has 0 N–H and O–H groups in total. The van der Waals surface area contributed by atoms with Gasteiger partial charge in [-0.15, -0.1) is 0 Å². The summed E-state index contributed by atoms with van der Waals surface area (Å²) in [6.07, 6.45) is 5.62. The standard InChI is InChI=1S/C8H8N2O3/c1-12-8(11)7-9-4-6-5-13-3-2-10(6)7/h2-5,7H,1H3. The first-order valence-electron chi connectivity index (χ1n) is 3.74. The maximum atomic E-state index is 11.2. The van der Waals surface area contributed by atoms with E-state index in [1.54, 1.807) is 17.3 Å². The molecule has 68 valence electrons. The Balaban J connectivity index is 2.21. The number of esters is 1. The molecule has 5 heteroatoms. The number of allylic oxidation sites excluding steroid dienone is 1. The third-order valence-electron chi connectivity index (χ3n) is 1.81. The lowest BCUT2D eigenvalue weighted by atomic mass is 10.4. The van der Waals surface area contributed by atoms with Gasteiger partial charge in [0, 0.05) is 6.20 Å². The molecule has 0 saturated carbocycles. The van der Waals surface area contributed by atoms with Gasteiger partial charge >= 0.3 is 5.97 Å².